The van der Waals surface area contributed by atoms with Crippen LogP contribution < -0.4 is 5.32 Å². The highest BCUT2D eigenvalue weighted by atomic mass is 32.2. The molecule has 156 valence electrons. The fraction of sp³-hybridized carbons (Fsp3) is 0.400. The Morgan fingerprint density at radius 3 is 2.69 bits per heavy atom. The van der Waals surface area contributed by atoms with Crippen LogP contribution in [-0.2, 0) is 34.2 Å². The average molecular weight is 435 g/mol. The molecule has 3 aromatic rings. The number of fused-ring (bicyclic) bond motifs is 1. The number of hydrogen-bond donors (Lipinski definition) is 1. The summed E-state index contributed by atoms with van der Waals surface area (Å²) in [5.74, 6) is 0.780. The SMILES string of the molecule is CCn1c(CCC(=O)NCCc2cccs2)nc2cc(S(=O)(=O)N(C)C)ccc21. The molecule has 2 aromatic heterocycles. The number of aromatic nitrogens is 2. The fourth-order valence-corrected chi connectivity index (χ4v) is 4.80. The average Bonchev–Trinajstić information content (AvgIpc) is 3.32. The minimum absolute atomic E-state index is 0.00728. The van der Waals surface area contributed by atoms with Gasteiger partial charge < -0.3 is 9.88 Å². The van der Waals surface area contributed by atoms with Crippen molar-refractivity contribution in [1.82, 2.24) is 19.2 Å². The van der Waals surface area contributed by atoms with E-state index in [-0.39, 0.29) is 10.8 Å². The van der Waals surface area contributed by atoms with E-state index >= 15 is 0 Å². The number of amides is 1. The van der Waals surface area contributed by atoms with E-state index in [1.165, 1.54) is 23.3 Å². The first-order valence-corrected chi connectivity index (χ1v) is 11.9. The number of hydrogen-bond acceptors (Lipinski definition) is 5. The van der Waals surface area contributed by atoms with Gasteiger partial charge in [0.1, 0.15) is 5.82 Å². The predicted molar refractivity (Wildman–Crippen MR) is 116 cm³/mol. The number of aryl methyl sites for hydroxylation is 2. The van der Waals surface area contributed by atoms with Gasteiger partial charge >= 0.3 is 0 Å². The van der Waals surface area contributed by atoms with E-state index in [0.717, 1.165) is 17.8 Å². The summed E-state index contributed by atoms with van der Waals surface area (Å²) < 4.78 is 28.0. The van der Waals surface area contributed by atoms with Gasteiger partial charge in [-0.2, -0.15) is 0 Å². The van der Waals surface area contributed by atoms with Crippen molar-refractivity contribution in [1.29, 1.82) is 0 Å². The maximum atomic E-state index is 12.4. The van der Waals surface area contributed by atoms with Gasteiger partial charge in [0.15, 0.2) is 0 Å². The molecule has 0 aliphatic rings. The first-order valence-electron chi connectivity index (χ1n) is 9.53. The van der Waals surface area contributed by atoms with Gasteiger partial charge in [0.05, 0.1) is 15.9 Å². The molecule has 7 nitrogen and oxygen atoms in total. The van der Waals surface area contributed by atoms with E-state index in [0.29, 0.717) is 31.4 Å². The number of carbonyl (C=O) groups excluding carboxylic acids is 1. The van der Waals surface area contributed by atoms with Crippen LogP contribution in [0, 0.1) is 0 Å². The van der Waals surface area contributed by atoms with Crippen molar-refractivity contribution in [2.75, 3.05) is 20.6 Å². The molecular weight excluding hydrogens is 408 g/mol. The molecule has 9 heteroatoms. The maximum absolute atomic E-state index is 12.4. The van der Waals surface area contributed by atoms with Crippen LogP contribution in [0.5, 0.6) is 0 Å². The van der Waals surface area contributed by atoms with Crippen molar-refractivity contribution in [3.63, 3.8) is 0 Å². The lowest BCUT2D eigenvalue weighted by Crippen LogP contribution is -2.26. The Balaban J connectivity index is 1.69. The summed E-state index contributed by atoms with van der Waals surface area (Å²) in [7, 11) is -0.499. The first kappa shape index (κ1) is 21.5. The van der Waals surface area contributed by atoms with E-state index in [9.17, 15) is 13.2 Å². The molecular formula is C20H26N4O3S2. The number of thiophene rings is 1. The van der Waals surface area contributed by atoms with E-state index in [1.54, 1.807) is 29.5 Å². The van der Waals surface area contributed by atoms with Gasteiger partial charge in [-0.05, 0) is 43.0 Å². The number of nitrogens with zero attached hydrogens (tertiary/aromatic N) is 3. The van der Waals surface area contributed by atoms with Gasteiger partial charge in [0.25, 0.3) is 0 Å². The summed E-state index contributed by atoms with van der Waals surface area (Å²) in [6.45, 7) is 3.33. The van der Waals surface area contributed by atoms with Gasteiger partial charge in [-0.25, -0.2) is 17.7 Å². The number of sulfonamides is 1. The van der Waals surface area contributed by atoms with Crippen molar-refractivity contribution in [3.8, 4) is 0 Å². The number of imidazole rings is 1. The molecule has 1 amide bonds. The van der Waals surface area contributed by atoms with E-state index < -0.39 is 10.0 Å². The highest BCUT2D eigenvalue weighted by Crippen LogP contribution is 2.22. The van der Waals surface area contributed by atoms with E-state index in [1.807, 2.05) is 22.9 Å². The molecule has 0 unspecified atom stereocenters. The van der Waals surface area contributed by atoms with Crippen LogP contribution in [0.3, 0.4) is 0 Å². The largest absolute Gasteiger partial charge is 0.356 e. The Morgan fingerprint density at radius 2 is 2.03 bits per heavy atom. The number of nitrogens with one attached hydrogen (secondary N) is 1. The molecule has 1 aromatic carbocycles. The molecule has 2 heterocycles. The standard InChI is InChI=1S/C20H26N4O3S2/c1-4-24-18-8-7-16(29(26,27)23(2)3)14-17(18)22-19(24)9-10-20(25)21-12-11-15-6-5-13-28-15/h5-8,13-14H,4,9-12H2,1-3H3,(H,21,25). The second-order valence-electron chi connectivity index (χ2n) is 6.89. The van der Waals surface area contributed by atoms with Gasteiger partial charge in [-0.1, -0.05) is 6.07 Å². The van der Waals surface area contributed by atoms with Gasteiger partial charge in [0, 0.05) is 44.9 Å². The zero-order chi connectivity index (χ0) is 21.0. The van der Waals surface area contributed by atoms with Crippen LogP contribution in [0.1, 0.15) is 24.0 Å². The van der Waals surface area contributed by atoms with Crippen LogP contribution in [0.15, 0.2) is 40.6 Å². The Hall–Kier alpha value is -2.23. The molecule has 0 spiro atoms. The van der Waals surface area contributed by atoms with Gasteiger partial charge in [0.2, 0.25) is 15.9 Å². The summed E-state index contributed by atoms with van der Waals surface area (Å²) in [4.78, 5) is 18.3. The molecule has 1 N–H and O–H groups in total. The summed E-state index contributed by atoms with van der Waals surface area (Å²) in [6.07, 6.45) is 1.68. The van der Waals surface area contributed by atoms with Crippen molar-refractivity contribution < 1.29 is 13.2 Å². The molecule has 0 bridgehead atoms. The number of rotatable bonds is 9. The van der Waals surface area contributed by atoms with Gasteiger partial charge in [-0.15, -0.1) is 11.3 Å². The smallest absolute Gasteiger partial charge is 0.242 e. The van der Waals surface area contributed by atoms with Crippen LogP contribution in [0.25, 0.3) is 11.0 Å². The normalized spacial score (nSPS) is 12.0. The lowest BCUT2D eigenvalue weighted by Gasteiger charge is -2.11. The second-order valence-corrected chi connectivity index (χ2v) is 10.1. The monoisotopic (exact) mass is 434 g/mol. The molecule has 0 atom stereocenters. The Labute approximate surface area is 175 Å². The topological polar surface area (TPSA) is 84.3 Å². The zero-order valence-corrected chi connectivity index (χ0v) is 18.5. The molecule has 0 radical (unpaired) electrons. The van der Waals surface area contributed by atoms with Gasteiger partial charge in [-0.3, -0.25) is 4.79 Å². The first-order chi connectivity index (χ1) is 13.8. The Kier molecular flexibility index (Phi) is 6.71. The Bertz CT molecular complexity index is 1090. The third kappa shape index (κ3) is 4.85. The highest BCUT2D eigenvalue weighted by molar-refractivity contribution is 7.89. The number of benzene rings is 1. The predicted octanol–water partition coefficient (Wildman–Crippen LogP) is 2.66. The summed E-state index contributed by atoms with van der Waals surface area (Å²) in [5, 5.41) is 4.98. The van der Waals surface area contributed by atoms with Crippen molar-refractivity contribution >= 4 is 38.3 Å². The molecule has 0 aliphatic carbocycles. The molecule has 0 saturated carbocycles. The van der Waals surface area contributed by atoms with E-state index in [4.69, 9.17) is 0 Å². The molecule has 29 heavy (non-hydrogen) atoms. The van der Waals surface area contributed by atoms with Crippen molar-refractivity contribution in [3.05, 3.63) is 46.4 Å². The third-order valence-electron chi connectivity index (χ3n) is 4.74. The van der Waals surface area contributed by atoms with Crippen molar-refractivity contribution in [2.45, 2.75) is 37.6 Å². The third-order valence-corrected chi connectivity index (χ3v) is 7.49. The molecule has 0 saturated heterocycles. The van der Waals surface area contributed by atoms with Crippen LogP contribution >= 0.6 is 11.3 Å². The number of carbonyl (C=O) groups is 1. The van der Waals surface area contributed by atoms with E-state index in [2.05, 4.69) is 16.4 Å². The molecule has 3 rings (SSSR count). The Morgan fingerprint density at radius 1 is 1.24 bits per heavy atom. The fourth-order valence-electron chi connectivity index (χ4n) is 3.17. The minimum atomic E-state index is -3.51. The van der Waals surface area contributed by atoms with Crippen LogP contribution in [-0.4, -0.2) is 48.8 Å². The molecule has 0 aliphatic heterocycles. The second kappa shape index (κ2) is 9.06. The zero-order valence-electron chi connectivity index (χ0n) is 16.9. The van der Waals surface area contributed by atoms with Crippen molar-refractivity contribution in [2.24, 2.45) is 0 Å². The summed E-state index contributed by atoms with van der Waals surface area (Å²) in [5.41, 5.74) is 1.50. The van der Waals surface area contributed by atoms with Crippen LogP contribution in [0.2, 0.25) is 0 Å². The highest BCUT2D eigenvalue weighted by Gasteiger charge is 2.19. The lowest BCUT2D eigenvalue weighted by atomic mass is 10.2. The lowest BCUT2D eigenvalue weighted by molar-refractivity contribution is -0.121. The summed E-state index contributed by atoms with van der Waals surface area (Å²) >= 11 is 1.69. The summed E-state index contributed by atoms with van der Waals surface area (Å²) in [6, 6.07) is 9.05. The maximum Gasteiger partial charge on any atom is 0.242 e. The van der Waals surface area contributed by atoms with Crippen LogP contribution in [0.4, 0.5) is 0 Å². The quantitative estimate of drug-likeness (QED) is 0.561. The molecule has 0 fully saturated rings. The minimum Gasteiger partial charge on any atom is -0.356 e.